The standard InChI is InChI=1S/C18H20N2O4/c1-18(2,3)24-17(23)20(16(21)22)15-10-7-11-19-14(15)12-13-8-5-4-6-9-13/h4-11H,12H2,1-3H3,(H,21,22)/p-1. The summed E-state index contributed by atoms with van der Waals surface area (Å²) in [6.07, 6.45) is -0.746. The molecule has 0 radical (unpaired) electrons. The molecule has 0 bridgehead atoms. The molecular weight excluding hydrogens is 308 g/mol. The zero-order valence-electron chi connectivity index (χ0n) is 13.9. The molecular formula is C18H19N2O4-. The van der Waals surface area contributed by atoms with Gasteiger partial charge in [-0.15, -0.1) is 0 Å². The molecule has 24 heavy (non-hydrogen) atoms. The van der Waals surface area contributed by atoms with Crippen molar-refractivity contribution in [2.75, 3.05) is 4.90 Å². The topological polar surface area (TPSA) is 82.6 Å². The lowest BCUT2D eigenvalue weighted by Crippen LogP contribution is -2.48. The van der Waals surface area contributed by atoms with Crippen LogP contribution in [0.15, 0.2) is 48.7 Å². The zero-order valence-corrected chi connectivity index (χ0v) is 13.9. The molecule has 0 atom stereocenters. The van der Waals surface area contributed by atoms with E-state index in [2.05, 4.69) is 4.98 Å². The minimum absolute atomic E-state index is 0.135. The Kier molecular flexibility index (Phi) is 5.18. The number of ether oxygens (including phenoxy) is 1. The minimum atomic E-state index is -1.66. The fourth-order valence-corrected chi connectivity index (χ4v) is 2.14. The molecule has 0 unspecified atom stereocenters. The molecule has 0 saturated carbocycles. The second-order valence-corrected chi connectivity index (χ2v) is 6.21. The van der Waals surface area contributed by atoms with Crippen LogP contribution in [0.1, 0.15) is 32.0 Å². The summed E-state index contributed by atoms with van der Waals surface area (Å²) in [5.74, 6) is 0. The first-order chi connectivity index (χ1) is 11.3. The van der Waals surface area contributed by atoms with Gasteiger partial charge in [-0.1, -0.05) is 30.3 Å². The molecule has 126 valence electrons. The molecule has 2 rings (SSSR count). The summed E-state index contributed by atoms with van der Waals surface area (Å²) in [4.78, 5) is 28.5. The first kappa shape index (κ1) is 17.5. The quantitative estimate of drug-likeness (QED) is 0.865. The van der Waals surface area contributed by atoms with E-state index in [0.717, 1.165) is 5.56 Å². The number of aromatic nitrogens is 1. The molecule has 6 heteroatoms. The van der Waals surface area contributed by atoms with Gasteiger partial charge in [-0.25, -0.2) is 9.69 Å². The lowest BCUT2D eigenvalue weighted by Gasteiger charge is -2.28. The predicted octanol–water partition coefficient (Wildman–Crippen LogP) is 2.76. The maximum absolute atomic E-state index is 12.3. The van der Waals surface area contributed by atoms with Crippen LogP contribution in [0.3, 0.4) is 0 Å². The largest absolute Gasteiger partial charge is 0.529 e. The second-order valence-electron chi connectivity index (χ2n) is 6.21. The third-order valence-corrected chi connectivity index (χ3v) is 3.08. The zero-order chi connectivity index (χ0) is 17.7. The molecule has 0 aliphatic rings. The molecule has 2 aromatic rings. The number of carbonyl (C=O) groups excluding carboxylic acids is 2. The molecule has 2 amide bonds. The number of benzene rings is 1. The highest BCUT2D eigenvalue weighted by Gasteiger charge is 2.26. The average Bonchev–Trinajstić information content (AvgIpc) is 2.48. The van der Waals surface area contributed by atoms with E-state index < -0.39 is 17.8 Å². The van der Waals surface area contributed by atoms with Gasteiger partial charge in [0.1, 0.15) is 5.60 Å². The molecule has 0 aliphatic carbocycles. The molecule has 1 aromatic carbocycles. The third-order valence-electron chi connectivity index (χ3n) is 3.08. The van der Waals surface area contributed by atoms with Crippen molar-refractivity contribution < 1.29 is 19.4 Å². The van der Waals surface area contributed by atoms with Gasteiger partial charge in [0.25, 0.3) is 0 Å². The SMILES string of the molecule is CC(C)(C)OC(=O)N(C(=O)[O-])c1cccnc1Cc1ccccc1. The molecule has 0 spiro atoms. The van der Waals surface area contributed by atoms with Crippen LogP contribution in [0.5, 0.6) is 0 Å². The average molecular weight is 327 g/mol. The number of hydrogen-bond donors (Lipinski definition) is 0. The number of hydrogen-bond acceptors (Lipinski definition) is 5. The number of pyridine rings is 1. The van der Waals surface area contributed by atoms with Crippen LogP contribution < -0.4 is 10.0 Å². The van der Waals surface area contributed by atoms with E-state index in [1.54, 1.807) is 33.0 Å². The van der Waals surface area contributed by atoms with Gasteiger partial charge >= 0.3 is 6.09 Å². The van der Waals surface area contributed by atoms with Crippen molar-refractivity contribution in [3.8, 4) is 0 Å². The highest BCUT2D eigenvalue weighted by atomic mass is 16.6. The molecule has 6 nitrogen and oxygen atoms in total. The number of amides is 2. The van der Waals surface area contributed by atoms with Gasteiger partial charge < -0.3 is 14.6 Å². The smallest absolute Gasteiger partial charge is 0.420 e. The molecule has 0 N–H and O–H groups in total. The Morgan fingerprint density at radius 2 is 1.79 bits per heavy atom. The number of carboxylic acid groups (broad SMARTS) is 1. The molecule has 0 saturated heterocycles. The maximum Gasteiger partial charge on any atom is 0.420 e. The molecule has 1 aromatic heterocycles. The number of anilines is 1. The van der Waals surface area contributed by atoms with Crippen molar-refractivity contribution in [1.29, 1.82) is 0 Å². The van der Waals surface area contributed by atoms with Crippen LogP contribution in [0, 0.1) is 0 Å². The summed E-state index contributed by atoms with van der Waals surface area (Å²) in [6.45, 7) is 4.98. The van der Waals surface area contributed by atoms with E-state index in [1.165, 1.54) is 6.07 Å². The number of imide groups is 1. The van der Waals surface area contributed by atoms with Crippen LogP contribution in [-0.2, 0) is 11.2 Å². The summed E-state index contributed by atoms with van der Waals surface area (Å²) in [7, 11) is 0. The first-order valence-corrected chi connectivity index (χ1v) is 7.50. The van der Waals surface area contributed by atoms with E-state index in [-0.39, 0.29) is 5.69 Å². The lowest BCUT2D eigenvalue weighted by atomic mass is 10.1. The third kappa shape index (κ3) is 4.55. The maximum atomic E-state index is 12.3. The summed E-state index contributed by atoms with van der Waals surface area (Å²) in [5, 5.41) is 11.5. The van der Waals surface area contributed by atoms with Crippen molar-refractivity contribution >= 4 is 17.9 Å². The molecule has 1 heterocycles. The van der Waals surface area contributed by atoms with Crippen molar-refractivity contribution in [2.45, 2.75) is 32.8 Å². The van der Waals surface area contributed by atoms with Crippen LogP contribution in [0.2, 0.25) is 0 Å². The Hall–Kier alpha value is -2.89. The fraction of sp³-hybridized carbons (Fsp3) is 0.278. The molecule has 0 aliphatic heterocycles. The summed E-state index contributed by atoms with van der Waals surface area (Å²) in [6, 6.07) is 12.5. The van der Waals surface area contributed by atoms with Crippen molar-refractivity contribution in [3.05, 3.63) is 59.9 Å². The fourth-order valence-electron chi connectivity index (χ4n) is 2.14. The van der Waals surface area contributed by atoms with Gasteiger partial charge in [-0.3, -0.25) is 4.98 Å². The summed E-state index contributed by atoms with van der Waals surface area (Å²) < 4.78 is 5.16. The van der Waals surface area contributed by atoms with Gasteiger partial charge in [-0.05, 0) is 38.5 Å². The van der Waals surface area contributed by atoms with E-state index in [0.29, 0.717) is 17.0 Å². The van der Waals surface area contributed by atoms with Gasteiger partial charge in [0.15, 0.2) is 6.09 Å². The lowest BCUT2D eigenvalue weighted by molar-refractivity contribution is -0.245. The number of rotatable bonds is 3. The highest BCUT2D eigenvalue weighted by molar-refractivity contribution is 6.08. The summed E-state index contributed by atoms with van der Waals surface area (Å²) in [5.41, 5.74) is 0.696. The van der Waals surface area contributed by atoms with Crippen molar-refractivity contribution in [1.82, 2.24) is 4.98 Å². The van der Waals surface area contributed by atoms with Gasteiger partial charge in [0.05, 0.1) is 11.4 Å². The van der Waals surface area contributed by atoms with Gasteiger partial charge in [0, 0.05) is 12.6 Å². The normalized spacial score (nSPS) is 11.0. The van der Waals surface area contributed by atoms with E-state index in [9.17, 15) is 14.7 Å². The first-order valence-electron chi connectivity index (χ1n) is 7.50. The van der Waals surface area contributed by atoms with E-state index in [4.69, 9.17) is 4.74 Å². The Morgan fingerprint density at radius 1 is 1.12 bits per heavy atom. The second kappa shape index (κ2) is 7.12. The van der Waals surface area contributed by atoms with E-state index >= 15 is 0 Å². The van der Waals surface area contributed by atoms with Crippen LogP contribution in [0.25, 0.3) is 0 Å². The van der Waals surface area contributed by atoms with Crippen LogP contribution in [0.4, 0.5) is 15.3 Å². The van der Waals surface area contributed by atoms with Gasteiger partial charge in [0.2, 0.25) is 0 Å². The Morgan fingerprint density at radius 3 is 2.38 bits per heavy atom. The predicted molar refractivity (Wildman–Crippen MR) is 87.6 cm³/mol. The minimum Gasteiger partial charge on any atom is -0.529 e. The Bertz CT molecular complexity index is 723. The Labute approximate surface area is 140 Å². The van der Waals surface area contributed by atoms with Crippen LogP contribution >= 0.6 is 0 Å². The number of nitrogens with zero attached hydrogens (tertiary/aromatic N) is 2. The van der Waals surface area contributed by atoms with Crippen LogP contribution in [-0.4, -0.2) is 22.8 Å². The highest BCUT2D eigenvalue weighted by Crippen LogP contribution is 2.23. The van der Waals surface area contributed by atoms with Crippen molar-refractivity contribution in [2.24, 2.45) is 0 Å². The van der Waals surface area contributed by atoms with Crippen molar-refractivity contribution in [3.63, 3.8) is 0 Å². The Balaban J connectivity index is 2.37. The summed E-state index contributed by atoms with van der Waals surface area (Å²) >= 11 is 0. The van der Waals surface area contributed by atoms with E-state index in [1.807, 2.05) is 30.3 Å². The number of carbonyl (C=O) groups is 2. The van der Waals surface area contributed by atoms with Gasteiger partial charge in [-0.2, -0.15) is 0 Å². The monoisotopic (exact) mass is 327 g/mol. The molecule has 0 fully saturated rings.